The van der Waals surface area contributed by atoms with Gasteiger partial charge in [0.1, 0.15) is 11.6 Å². The zero-order valence-corrected chi connectivity index (χ0v) is 14.1. The maximum Gasteiger partial charge on any atom is 0.411 e. The Morgan fingerprint density at radius 1 is 1.48 bits per heavy atom. The van der Waals surface area contributed by atoms with Gasteiger partial charge in [-0.15, -0.1) is 0 Å². The van der Waals surface area contributed by atoms with E-state index in [2.05, 4.69) is 10.3 Å². The van der Waals surface area contributed by atoms with Crippen molar-refractivity contribution in [1.29, 1.82) is 0 Å². The van der Waals surface area contributed by atoms with Crippen molar-refractivity contribution < 1.29 is 14.3 Å². The minimum Gasteiger partial charge on any atom is -0.444 e. The largest absolute Gasteiger partial charge is 0.444 e. The Hall–Kier alpha value is -2.08. The molecule has 0 aromatic carbocycles. The summed E-state index contributed by atoms with van der Waals surface area (Å²) in [6.45, 7) is 5.95. The van der Waals surface area contributed by atoms with E-state index in [1.54, 1.807) is 51.3 Å². The average molecular weight is 338 g/mol. The van der Waals surface area contributed by atoms with E-state index in [1.807, 2.05) is 0 Å². The van der Waals surface area contributed by atoms with E-state index >= 15 is 0 Å². The fourth-order valence-electron chi connectivity index (χ4n) is 2.09. The molecule has 0 saturated heterocycles. The third-order valence-corrected chi connectivity index (χ3v) is 3.31. The van der Waals surface area contributed by atoms with Crippen molar-refractivity contribution in [1.82, 2.24) is 15.2 Å². The highest BCUT2D eigenvalue weighted by Crippen LogP contribution is 2.16. The van der Waals surface area contributed by atoms with E-state index in [0.717, 1.165) is 0 Å². The summed E-state index contributed by atoms with van der Waals surface area (Å²) in [6.07, 6.45) is 4.52. The van der Waals surface area contributed by atoms with Crippen LogP contribution in [0, 0.1) is 0 Å². The summed E-state index contributed by atoms with van der Waals surface area (Å²) in [6, 6.07) is 2.67. The fraction of sp³-hybridized carbons (Fsp3) is 0.438. The molecule has 1 aromatic rings. The van der Waals surface area contributed by atoms with Crippen LogP contribution in [0.2, 0.25) is 5.02 Å². The first-order valence-corrected chi connectivity index (χ1v) is 7.68. The standard InChI is InChI=1S/C16H20ClN3O3/c1-16(2,3)23-15(22)20-8-4-5-13(20)14(21)19-10-12-9-11(17)6-7-18-12/h4-7,9,13H,8,10H2,1-3H3,(H,19,21)/t13-/m0/s1. The molecule has 23 heavy (non-hydrogen) atoms. The van der Waals surface area contributed by atoms with Crippen LogP contribution >= 0.6 is 11.6 Å². The minimum absolute atomic E-state index is 0.242. The number of ether oxygens (including phenoxy) is 1. The molecule has 0 unspecified atom stereocenters. The van der Waals surface area contributed by atoms with E-state index in [1.165, 1.54) is 4.90 Å². The van der Waals surface area contributed by atoms with Crippen molar-refractivity contribution in [3.63, 3.8) is 0 Å². The van der Waals surface area contributed by atoms with Gasteiger partial charge in [-0.1, -0.05) is 23.8 Å². The number of amides is 2. The first kappa shape index (κ1) is 17.3. The van der Waals surface area contributed by atoms with Crippen LogP contribution in [0.25, 0.3) is 0 Å². The van der Waals surface area contributed by atoms with Crippen LogP contribution in [0.3, 0.4) is 0 Å². The molecule has 0 saturated carbocycles. The Labute approximate surface area is 140 Å². The third kappa shape index (κ3) is 4.96. The molecule has 6 nitrogen and oxygen atoms in total. The van der Waals surface area contributed by atoms with Crippen molar-refractivity contribution in [3.05, 3.63) is 41.2 Å². The van der Waals surface area contributed by atoms with Gasteiger partial charge in [-0.05, 0) is 32.9 Å². The van der Waals surface area contributed by atoms with E-state index in [4.69, 9.17) is 16.3 Å². The maximum absolute atomic E-state index is 12.3. The molecule has 1 atom stereocenters. The molecular weight excluding hydrogens is 318 g/mol. The van der Waals surface area contributed by atoms with Crippen LogP contribution in [0.4, 0.5) is 4.79 Å². The Morgan fingerprint density at radius 3 is 2.87 bits per heavy atom. The van der Waals surface area contributed by atoms with Gasteiger partial charge in [0.05, 0.1) is 12.2 Å². The molecular formula is C16H20ClN3O3. The van der Waals surface area contributed by atoms with Gasteiger partial charge < -0.3 is 10.1 Å². The summed E-state index contributed by atoms with van der Waals surface area (Å²) < 4.78 is 5.32. The zero-order valence-electron chi connectivity index (χ0n) is 13.4. The maximum atomic E-state index is 12.3. The summed E-state index contributed by atoms with van der Waals surface area (Å²) in [4.78, 5) is 30.0. The number of hydrogen-bond acceptors (Lipinski definition) is 4. The van der Waals surface area contributed by atoms with Crippen molar-refractivity contribution in [2.75, 3.05) is 6.54 Å². The Kier molecular flexibility index (Phi) is 5.26. The van der Waals surface area contributed by atoms with Crippen molar-refractivity contribution >= 4 is 23.6 Å². The van der Waals surface area contributed by atoms with Gasteiger partial charge in [0.15, 0.2) is 0 Å². The highest BCUT2D eigenvalue weighted by Gasteiger charge is 2.33. The van der Waals surface area contributed by atoms with Gasteiger partial charge in [-0.25, -0.2) is 4.79 Å². The first-order valence-electron chi connectivity index (χ1n) is 7.31. The third-order valence-electron chi connectivity index (χ3n) is 3.08. The number of rotatable bonds is 3. The number of hydrogen-bond donors (Lipinski definition) is 1. The number of nitrogens with one attached hydrogen (secondary N) is 1. The second-order valence-electron chi connectivity index (χ2n) is 6.19. The number of halogens is 1. The molecule has 2 amide bonds. The molecule has 1 aromatic heterocycles. The van der Waals surface area contributed by atoms with Gasteiger partial charge in [0.25, 0.3) is 0 Å². The molecule has 0 aliphatic carbocycles. The van der Waals surface area contributed by atoms with E-state index in [-0.39, 0.29) is 12.5 Å². The quantitative estimate of drug-likeness (QED) is 0.860. The topological polar surface area (TPSA) is 71.5 Å². The SMILES string of the molecule is CC(C)(C)OC(=O)N1CC=C[C@H]1C(=O)NCc1cc(Cl)ccn1. The average Bonchev–Trinajstić information content (AvgIpc) is 2.92. The second-order valence-corrected chi connectivity index (χ2v) is 6.63. The molecule has 0 radical (unpaired) electrons. The minimum atomic E-state index is -0.677. The second kappa shape index (κ2) is 7.00. The van der Waals surface area contributed by atoms with Crippen molar-refractivity contribution in [3.8, 4) is 0 Å². The van der Waals surface area contributed by atoms with Gasteiger partial charge in [0.2, 0.25) is 5.91 Å². The Morgan fingerprint density at radius 2 is 2.22 bits per heavy atom. The lowest BCUT2D eigenvalue weighted by Gasteiger charge is -2.27. The van der Waals surface area contributed by atoms with Gasteiger partial charge in [0, 0.05) is 17.8 Å². The van der Waals surface area contributed by atoms with Crippen LogP contribution < -0.4 is 5.32 Å². The highest BCUT2D eigenvalue weighted by molar-refractivity contribution is 6.30. The molecule has 2 heterocycles. The molecule has 1 N–H and O–H groups in total. The summed E-state index contributed by atoms with van der Waals surface area (Å²) in [5, 5.41) is 3.31. The van der Waals surface area contributed by atoms with E-state index < -0.39 is 17.7 Å². The Bertz CT molecular complexity index is 625. The molecule has 1 aliphatic rings. The summed E-state index contributed by atoms with van der Waals surface area (Å²) >= 11 is 5.88. The molecule has 7 heteroatoms. The summed E-state index contributed by atoms with van der Waals surface area (Å²) in [5.41, 5.74) is 0.0439. The fourth-order valence-corrected chi connectivity index (χ4v) is 2.27. The van der Waals surface area contributed by atoms with E-state index in [0.29, 0.717) is 17.3 Å². The molecule has 0 fully saturated rings. The predicted octanol–water partition coefficient (Wildman–Crippen LogP) is 2.53. The van der Waals surface area contributed by atoms with Crippen LogP contribution in [0.15, 0.2) is 30.5 Å². The monoisotopic (exact) mass is 337 g/mol. The van der Waals surface area contributed by atoms with Crippen molar-refractivity contribution in [2.45, 2.75) is 39.0 Å². The molecule has 0 spiro atoms. The summed E-state index contributed by atoms with van der Waals surface area (Å²) in [5.74, 6) is -0.286. The molecule has 1 aliphatic heterocycles. The molecule has 0 bridgehead atoms. The number of carbonyl (C=O) groups is 2. The number of aromatic nitrogens is 1. The zero-order chi connectivity index (χ0) is 17.0. The normalized spacial score (nSPS) is 17.2. The lowest BCUT2D eigenvalue weighted by Crippen LogP contribution is -2.47. The lowest BCUT2D eigenvalue weighted by atomic mass is 10.2. The lowest BCUT2D eigenvalue weighted by molar-refractivity contribution is -0.124. The highest BCUT2D eigenvalue weighted by atomic mass is 35.5. The van der Waals surface area contributed by atoms with Crippen LogP contribution in [-0.4, -0.2) is 40.1 Å². The number of carbonyl (C=O) groups excluding carboxylic acids is 2. The first-order chi connectivity index (χ1) is 10.8. The van der Waals surface area contributed by atoms with E-state index in [9.17, 15) is 9.59 Å². The molecule has 124 valence electrons. The van der Waals surface area contributed by atoms with Crippen LogP contribution in [-0.2, 0) is 16.1 Å². The Balaban J connectivity index is 1.95. The van der Waals surface area contributed by atoms with Gasteiger partial charge in [-0.2, -0.15) is 0 Å². The molecule has 2 rings (SSSR count). The number of nitrogens with zero attached hydrogens (tertiary/aromatic N) is 2. The van der Waals surface area contributed by atoms with Crippen LogP contribution in [0.5, 0.6) is 0 Å². The van der Waals surface area contributed by atoms with Crippen LogP contribution in [0.1, 0.15) is 26.5 Å². The van der Waals surface area contributed by atoms with Gasteiger partial charge in [-0.3, -0.25) is 14.7 Å². The van der Waals surface area contributed by atoms with Crippen molar-refractivity contribution in [2.24, 2.45) is 0 Å². The number of pyridine rings is 1. The smallest absolute Gasteiger partial charge is 0.411 e. The predicted molar refractivity (Wildman–Crippen MR) is 87.0 cm³/mol. The summed E-state index contributed by atoms with van der Waals surface area (Å²) in [7, 11) is 0. The van der Waals surface area contributed by atoms with Gasteiger partial charge >= 0.3 is 6.09 Å².